The Morgan fingerprint density at radius 1 is 1.56 bits per heavy atom. The summed E-state index contributed by atoms with van der Waals surface area (Å²) < 4.78 is 32.5. The lowest BCUT2D eigenvalue weighted by Crippen LogP contribution is -2.31. The van der Waals surface area contributed by atoms with Crippen LogP contribution in [0.3, 0.4) is 0 Å². The molecule has 0 radical (unpaired) electrons. The molecule has 0 aliphatic carbocycles. The highest BCUT2D eigenvalue weighted by Gasteiger charge is 2.21. The van der Waals surface area contributed by atoms with E-state index in [2.05, 4.69) is 9.46 Å². The number of aromatic nitrogens is 1. The van der Waals surface area contributed by atoms with Crippen molar-refractivity contribution in [3.05, 3.63) is 18.0 Å². The van der Waals surface area contributed by atoms with Gasteiger partial charge in [0.1, 0.15) is 10.6 Å². The topological polar surface area (TPSA) is 77.4 Å². The average Bonchev–Trinajstić information content (AvgIpc) is 2.70. The van der Waals surface area contributed by atoms with Gasteiger partial charge in [0.2, 0.25) is 10.0 Å². The molecule has 0 amide bonds. The smallest absolute Gasteiger partial charge is 0.354 e. The van der Waals surface area contributed by atoms with Crippen molar-refractivity contribution in [2.24, 2.45) is 7.05 Å². The summed E-state index contributed by atoms with van der Waals surface area (Å²) in [6, 6.07) is 1.15. The molecule has 0 saturated carbocycles. The molecule has 1 N–H and O–H groups in total. The number of hydrogen-bond donors (Lipinski definition) is 1. The number of carbonyl (C=O) groups is 1. The van der Waals surface area contributed by atoms with E-state index < -0.39 is 16.0 Å². The Hall–Kier alpha value is -1.34. The van der Waals surface area contributed by atoms with Crippen molar-refractivity contribution in [3.8, 4) is 0 Å². The van der Waals surface area contributed by atoms with Crippen LogP contribution < -0.4 is 4.72 Å². The summed E-state index contributed by atoms with van der Waals surface area (Å²) in [6.45, 7) is 3.67. The van der Waals surface area contributed by atoms with Gasteiger partial charge in [0, 0.05) is 19.3 Å². The Kier molecular flexibility index (Phi) is 4.53. The summed E-state index contributed by atoms with van der Waals surface area (Å²) in [5.74, 6) is -0.567. The molecule has 1 rings (SSSR count). The Morgan fingerprint density at radius 2 is 2.17 bits per heavy atom. The standard InChI is InChI=1S/C11H18N2O4S/c1-5-8(2)12-18(15,16)9-6-10(11(14)17-4)13(3)7-9/h6-8,12H,5H2,1-4H3/t8-/m1/s1. The van der Waals surface area contributed by atoms with Gasteiger partial charge in [-0.3, -0.25) is 0 Å². The molecule has 7 heteroatoms. The molecule has 0 spiro atoms. The fourth-order valence-corrected chi connectivity index (χ4v) is 2.80. The van der Waals surface area contributed by atoms with E-state index in [1.54, 1.807) is 14.0 Å². The van der Waals surface area contributed by atoms with E-state index in [0.717, 1.165) is 0 Å². The van der Waals surface area contributed by atoms with Gasteiger partial charge in [-0.15, -0.1) is 0 Å². The van der Waals surface area contributed by atoms with E-state index >= 15 is 0 Å². The van der Waals surface area contributed by atoms with E-state index in [1.807, 2.05) is 6.92 Å². The second kappa shape index (κ2) is 5.53. The average molecular weight is 274 g/mol. The van der Waals surface area contributed by atoms with Gasteiger partial charge in [0.05, 0.1) is 7.11 Å². The van der Waals surface area contributed by atoms with Gasteiger partial charge < -0.3 is 9.30 Å². The molecule has 1 heterocycles. The van der Waals surface area contributed by atoms with Crippen molar-refractivity contribution in [1.82, 2.24) is 9.29 Å². The number of methoxy groups -OCH3 is 1. The molecule has 0 aliphatic heterocycles. The normalized spacial score (nSPS) is 13.3. The van der Waals surface area contributed by atoms with Crippen LogP contribution in [-0.4, -0.2) is 32.1 Å². The minimum atomic E-state index is -3.59. The quantitative estimate of drug-likeness (QED) is 0.809. The summed E-state index contributed by atoms with van der Waals surface area (Å²) >= 11 is 0. The van der Waals surface area contributed by atoms with Gasteiger partial charge in [0.25, 0.3) is 0 Å². The molecule has 0 fully saturated rings. The summed E-state index contributed by atoms with van der Waals surface area (Å²) in [7, 11) is -0.751. The SMILES string of the molecule is CC[C@@H](C)NS(=O)(=O)c1cc(C(=O)OC)n(C)c1. The second-order valence-corrected chi connectivity index (χ2v) is 5.81. The third-order valence-corrected chi connectivity index (χ3v) is 4.21. The highest BCUT2D eigenvalue weighted by atomic mass is 32.2. The molecule has 1 aromatic rings. The summed E-state index contributed by atoms with van der Waals surface area (Å²) in [5.41, 5.74) is 0.196. The molecule has 0 aromatic carbocycles. The molecule has 0 bridgehead atoms. The molecule has 0 unspecified atom stereocenters. The summed E-state index contributed by atoms with van der Waals surface area (Å²) in [6.07, 6.45) is 2.08. The van der Waals surface area contributed by atoms with Crippen LogP contribution in [0.25, 0.3) is 0 Å². The zero-order chi connectivity index (χ0) is 13.9. The van der Waals surface area contributed by atoms with Crippen LogP contribution in [0.5, 0.6) is 0 Å². The molecule has 1 aromatic heterocycles. The Labute approximate surface area is 107 Å². The highest BCUT2D eigenvalue weighted by molar-refractivity contribution is 7.89. The number of carbonyl (C=O) groups excluding carboxylic acids is 1. The van der Waals surface area contributed by atoms with Gasteiger partial charge in [0.15, 0.2) is 0 Å². The fourth-order valence-electron chi connectivity index (χ4n) is 1.40. The highest BCUT2D eigenvalue weighted by Crippen LogP contribution is 2.14. The molecule has 102 valence electrons. The number of nitrogens with zero attached hydrogens (tertiary/aromatic N) is 1. The maximum atomic E-state index is 12.0. The van der Waals surface area contributed by atoms with Crippen molar-refractivity contribution in [3.63, 3.8) is 0 Å². The van der Waals surface area contributed by atoms with Crippen molar-refractivity contribution >= 4 is 16.0 Å². The maximum Gasteiger partial charge on any atom is 0.354 e. The predicted molar refractivity (Wildman–Crippen MR) is 66.8 cm³/mol. The third kappa shape index (κ3) is 3.11. The lowest BCUT2D eigenvalue weighted by atomic mass is 10.3. The van der Waals surface area contributed by atoms with E-state index in [-0.39, 0.29) is 16.6 Å². The monoisotopic (exact) mass is 274 g/mol. The van der Waals surface area contributed by atoms with Gasteiger partial charge in [-0.1, -0.05) is 6.92 Å². The first-order valence-corrected chi connectivity index (χ1v) is 7.07. The van der Waals surface area contributed by atoms with Crippen molar-refractivity contribution < 1.29 is 17.9 Å². The first kappa shape index (κ1) is 14.7. The van der Waals surface area contributed by atoms with Crippen molar-refractivity contribution in [2.75, 3.05) is 7.11 Å². The van der Waals surface area contributed by atoms with E-state index in [0.29, 0.717) is 6.42 Å². The molecule has 0 aliphatic rings. The first-order valence-electron chi connectivity index (χ1n) is 5.58. The van der Waals surface area contributed by atoms with E-state index in [9.17, 15) is 13.2 Å². The number of ether oxygens (including phenoxy) is 1. The van der Waals surface area contributed by atoms with Crippen LogP contribution in [0.2, 0.25) is 0 Å². The molecule has 0 saturated heterocycles. The van der Waals surface area contributed by atoms with Gasteiger partial charge >= 0.3 is 5.97 Å². The van der Waals surface area contributed by atoms with E-state index in [4.69, 9.17) is 0 Å². The summed E-state index contributed by atoms with van der Waals surface area (Å²) in [4.78, 5) is 11.5. The second-order valence-electron chi connectivity index (χ2n) is 4.09. The third-order valence-electron chi connectivity index (χ3n) is 2.65. The zero-order valence-electron chi connectivity index (χ0n) is 10.9. The van der Waals surface area contributed by atoms with Crippen molar-refractivity contribution in [1.29, 1.82) is 0 Å². The Balaban J connectivity index is 3.08. The Bertz CT molecular complexity index is 533. The number of aryl methyl sites for hydroxylation is 1. The molecular weight excluding hydrogens is 256 g/mol. The van der Waals surface area contributed by atoms with Crippen LogP contribution in [0.15, 0.2) is 17.2 Å². The van der Waals surface area contributed by atoms with Gasteiger partial charge in [-0.05, 0) is 19.4 Å². The molecule has 1 atom stereocenters. The first-order chi connectivity index (χ1) is 8.31. The number of nitrogens with one attached hydrogen (secondary N) is 1. The van der Waals surface area contributed by atoms with Gasteiger partial charge in [-0.2, -0.15) is 0 Å². The maximum absolute atomic E-state index is 12.0. The van der Waals surface area contributed by atoms with Crippen LogP contribution in [0.1, 0.15) is 30.8 Å². The molecular formula is C11H18N2O4S. The van der Waals surface area contributed by atoms with Gasteiger partial charge in [-0.25, -0.2) is 17.9 Å². The lowest BCUT2D eigenvalue weighted by Gasteiger charge is -2.10. The van der Waals surface area contributed by atoms with Crippen LogP contribution >= 0.6 is 0 Å². The number of esters is 1. The number of rotatable bonds is 5. The summed E-state index contributed by atoms with van der Waals surface area (Å²) in [5, 5.41) is 0. The van der Waals surface area contributed by atoms with Crippen LogP contribution in [-0.2, 0) is 21.8 Å². The lowest BCUT2D eigenvalue weighted by molar-refractivity contribution is 0.0590. The van der Waals surface area contributed by atoms with E-state index in [1.165, 1.54) is 23.9 Å². The minimum absolute atomic E-state index is 0.0608. The largest absolute Gasteiger partial charge is 0.464 e. The number of hydrogen-bond acceptors (Lipinski definition) is 4. The van der Waals surface area contributed by atoms with Crippen molar-refractivity contribution in [2.45, 2.75) is 31.2 Å². The van der Waals surface area contributed by atoms with Crippen LogP contribution in [0.4, 0.5) is 0 Å². The number of sulfonamides is 1. The van der Waals surface area contributed by atoms with Crippen LogP contribution in [0, 0.1) is 0 Å². The molecule has 18 heavy (non-hydrogen) atoms. The zero-order valence-corrected chi connectivity index (χ0v) is 11.7. The molecule has 6 nitrogen and oxygen atoms in total. The fraction of sp³-hybridized carbons (Fsp3) is 0.545. The minimum Gasteiger partial charge on any atom is -0.464 e. The Morgan fingerprint density at radius 3 is 2.67 bits per heavy atom. The predicted octanol–water partition coefficient (Wildman–Crippen LogP) is 0.888.